The highest BCUT2D eigenvalue weighted by atomic mass is 15.3. The maximum atomic E-state index is 8.79. The smallest absolute Gasteiger partial charge is 0.128 e. The molecule has 0 aliphatic carbocycles. The van der Waals surface area contributed by atoms with E-state index in [9.17, 15) is 0 Å². The number of nitrogens with one attached hydrogen (secondary N) is 1. The zero-order valence-corrected chi connectivity index (χ0v) is 9.23. The van der Waals surface area contributed by atoms with Crippen LogP contribution in [-0.4, -0.2) is 9.78 Å². The minimum atomic E-state index is 0.642. The summed E-state index contributed by atoms with van der Waals surface area (Å²) < 4.78 is 1.77. The monoisotopic (exact) mass is 212 g/mol. The molecule has 1 N–H and O–H groups in total. The molecule has 4 heteroatoms. The first-order valence-corrected chi connectivity index (χ1v) is 4.97. The molecule has 0 aliphatic rings. The fraction of sp³-hybridized carbons (Fsp3) is 0.167. The molecule has 1 heterocycles. The highest BCUT2D eigenvalue weighted by Gasteiger charge is 2.02. The Hall–Kier alpha value is -2.28. The lowest BCUT2D eigenvalue weighted by molar-refractivity contribution is 0.765. The molecule has 16 heavy (non-hydrogen) atoms. The third kappa shape index (κ3) is 2.04. The van der Waals surface area contributed by atoms with Gasteiger partial charge in [-0.05, 0) is 25.1 Å². The van der Waals surface area contributed by atoms with E-state index in [1.807, 2.05) is 38.2 Å². The van der Waals surface area contributed by atoms with Crippen molar-refractivity contribution in [3.05, 3.63) is 41.6 Å². The Morgan fingerprint density at radius 1 is 1.38 bits per heavy atom. The molecule has 0 bridgehead atoms. The van der Waals surface area contributed by atoms with E-state index in [1.165, 1.54) is 0 Å². The van der Waals surface area contributed by atoms with Crippen molar-refractivity contribution in [1.29, 1.82) is 5.26 Å². The van der Waals surface area contributed by atoms with Gasteiger partial charge in [-0.2, -0.15) is 10.4 Å². The molecule has 1 aromatic carbocycles. The van der Waals surface area contributed by atoms with Gasteiger partial charge in [-0.25, -0.2) is 0 Å². The fourth-order valence-corrected chi connectivity index (χ4v) is 1.54. The Labute approximate surface area is 94.1 Å². The molecule has 0 saturated heterocycles. The van der Waals surface area contributed by atoms with Crippen LogP contribution in [0.2, 0.25) is 0 Å². The van der Waals surface area contributed by atoms with Gasteiger partial charge in [-0.1, -0.05) is 6.07 Å². The van der Waals surface area contributed by atoms with E-state index >= 15 is 0 Å². The summed E-state index contributed by atoms with van der Waals surface area (Å²) in [5, 5.41) is 16.2. The maximum absolute atomic E-state index is 8.79. The average Bonchev–Trinajstić information content (AvgIpc) is 2.58. The molecular weight excluding hydrogens is 200 g/mol. The van der Waals surface area contributed by atoms with Crippen LogP contribution in [-0.2, 0) is 7.05 Å². The summed E-state index contributed by atoms with van der Waals surface area (Å²) in [6.45, 7) is 1.94. The molecule has 0 unspecified atom stereocenters. The average molecular weight is 212 g/mol. The summed E-state index contributed by atoms with van der Waals surface area (Å²) in [6.07, 6.45) is 0. The lowest BCUT2D eigenvalue weighted by Gasteiger charge is -2.05. The van der Waals surface area contributed by atoms with Gasteiger partial charge in [0.15, 0.2) is 0 Å². The first-order chi connectivity index (χ1) is 7.69. The van der Waals surface area contributed by atoms with Gasteiger partial charge in [0.2, 0.25) is 0 Å². The van der Waals surface area contributed by atoms with Crippen LogP contribution in [0.5, 0.6) is 0 Å². The second-order valence-electron chi connectivity index (χ2n) is 3.61. The van der Waals surface area contributed by atoms with Gasteiger partial charge in [0.1, 0.15) is 5.82 Å². The quantitative estimate of drug-likeness (QED) is 0.831. The van der Waals surface area contributed by atoms with Crippen LogP contribution in [0.1, 0.15) is 11.3 Å². The third-order valence-electron chi connectivity index (χ3n) is 2.27. The molecule has 0 atom stereocenters. The summed E-state index contributed by atoms with van der Waals surface area (Å²) in [5.74, 6) is 0.910. The predicted molar refractivity (Wildman–Crippen MR) is 62.4 cm³/mol. The van der Waals surface area contributed by atoms with Gasteiger partial charge in [0, 0.05) is 18.8 Å². The zero-order chi connectivity index (χ0) is 11.5. The van der Waals surface area contributed by atoms with Gasteiger partial charge in [0.05, 0.1) is 17.3 Å². The minimum absolute atomic E-state index is 0.642. The second kappa shape index (κ2) is 4.07. The lowest BCUT2D eigenvalue weighted by Crippen LogP contribution is -1.99. The van der Waals surface area contributed by atoms with Crippen molar-refractivity contribution in [2.75, 3.05) is 5.32 Å². The van der Waals surface area contributed by atoms with E-state index in [-0.39, 0.29) is 0 Å². The maximum Gasteiger partial charge on any atom is 0.128 e. The fourth-order valence-electron chi connectivity index (χ4n) is 1.54. The molecule has 0 fully saturated rings. The van der Waals surface area contributed by atoms with E-state index in [4.69, 9.17) is 5.26 Å². The van der Waals surface area contributed by atoms with Crippen LogP contribution in [0.15, 0.2) is 30.3 Å². The standard InChI is InChI=1S/C12H12N4/c1-9-6-12(16(2)15-9)14-11-5-3-4-10(7-11)8-13/h3-7,14H,1-2H3. The van der Waals surface area contributed by atoms with Crippen molar-refractivity contribution in [3.8, 4) is 6.07 Å². The number of aromatic nitrogens is 2. The molecule has 0 radical (unpaired) electrons. The van der Waals surface area contributed by atoms with Crippen LogP contribution < -0.4 is 5.32 Å². The molecule has 80 valence electrons. The Bertz CT molecular complexity index is 548. The summed E-state index contributed by atoms with van der Waals surface area (Å²) in [7, 11) is 1.88. The lowest BCUT2D eigenvalue weighted by atomic mass is 10.2. The van der Waals surface area contributed by atoms with Crippen molar-refractivity contribution in [3.63, 3.8) is 0 Å². The third-order valence-corrected chi connectivity index (χ3v) is 2.27. The Balaban J connectivity index is 2.27. The number of rotatable bonds is 2. The number of nitrogens with zero attached hydrogens (tertiary/aromatic N) is 3. The Morgan fingerprint density at radius 2 is 2.19 bits per heavy atom. The predicted octanol–water partition coefficient (Wildman–Crippen LogP) is 2.34. The molecule has 0 spiro atoms. The number of hydrogen-bond donors (Lipinski definition) is 1. The largest absolute Gasteiger partial charge is 0.340 e. The van der Waals surface area contributed by atoms with Crippen LogP contribution in [0.3, 0.4) is 0 Å². The number of hydrogen-bond acceptors (Lipinski definition) is 3. The van der Waals surface area contributed by atoms with Gasteiger partial charge in [-0.15, -0.1) is 0 Å². The van der Waals surface area contributed by atoms with E-state index in [0.29, 0.717) is 5.56 Å². The summed E-state index contributed by atoms with van der Waals surface area (Å²) in [4.78, 5) is 0. The molecule has 2 rings (SSSR count). The van der Waals surface area contributed by atoms with E-state index < -0.39 is 0 Å². The van der Waals surface area contributed by atoms with E-state index in [2.05, 4.69) is 16.5 Å². The molecule has 1 aromatic heterocycles. The van der Waals surface area contributed by atoms with Gasteiger partial charge >= 0.3 is 0 Å². The zero-order valence-electron chi connectivity index (χ0n) is 9.23. The van der Waals surface area contributed by atoms with E-state index in [1.54, 1.807) is 10.7 Å². The van der Waals surface area contributed by atoms with Crippen LogP contribution in [0.4, 0.5) is 11.5 Å². The molecule has 4 nitrogen and oxygen atoms in total. The molecular formula is C12H12N4. The normalized spacial score (nSPS) is 9.81. The van der Waals surface area contributed by atoms with E-state index in [0.717, 1.165) is 17.2 Å². The van der Waals surface area contributed by atoms with Gasteiger partial charge < -0.3 is 5.32 Å². The topological polar surface area (TPSA) is 53.6 Å². The Morgan fingerprint density at radius 3 is 2.81 bits per heavy atom. The van der Waals surface area contributed by atoms with Crippen LogP contribution in [0, 0.1) is 18.3 Å². The van der Waals surface area contributed by atoms with Crippen molar-refractivity contribution in [1.82, 2.24) is 9.78 Å². The number of aryl methyl sites for hydroxylation is 2. The van der Waals surface area contributed by atoms with Crippen molar-refractivity contribution in [2.45, 2.75) is 6.92 Å². The number of anilines is 2. The van der Waals surface area contributed by atoms with Crippen LogP contribution >= 0.6 is 0 Å². The highest BCUT2D eigenvalue weighted by molar-refractivity contribution is 5.58. The summed E-state index contributed by atoms with van der Waals surface area (Å²) in [5.41, 5.74) is 2.49. The van der Waals surface area contributed by atoms with Crippen molar-refractivity contribution < 1.29 is 0 Å². The molecule has 0 aliphatic heterocycles. The number of benzene rings is 1. The summed E-state index contributed by atoms with van der Waals surface area (Å²) >= 11 is 0. The minimum Gasteiger partial charge on any atom is -0.340 e. The van der Waals surface area contributed by atoms with Crippen molar-refractivity contribution in [2.24, 2.45) is 7.05 Å². The van der Waals surface area contributed by atoms with Gasteiger partial charge in [0.25, 0.3) is 0 Å². The SMILES string of the molecule is Cc1cc(Nc2cccc(C#N)c2)n(C)n1. The highest BCUT2D eigenvalue weighted by Crippen LogP contribution is 2.17. The first-order valence-electron chi connectivity index (χ1n) is 4.97. The Kier molecular flexibility index (Phi) is 2.61. The number of nitriles is 1. The first kappa shape index (κ1) is 10.2. The van der Waals surface area contributed by atoms with Crippen LogP contribution in [0.25, 0.3) is 0 Å². The van der Waals surface area contributed by atoms with Crippen molar-refractivity contribution >= 4 is 11.5 Å². The van der Waals surface area contributed by atoms with Gasteiger partial charge in [-0.3, -0.25) is 4.68 Å². The second-order valence-corrected chi connectivity index (χ2v) is 3.61. The molecule has 0 saturated carbocycles. The molecule has 2 aromatic rings. The molecule has 0 amide bonds. The summed E-state index contributed by atoms with van der Waals surface area (Å²) in [6, 6.07) is 11.4.